The van der Waals surface area contributed by atoms with Gasteiger partial charge in [-0.25, -0.2) is 18.6 Å². The van der Waals surface area contributed by atoms with E-state index in [4.69, 9.17) is 19.9 Å². The van der Waals surface area contributed by atoms with Gasteiger partial charge >= 0.3 is 12.2 Å². The number of pyridine rings is 1. The zero-order valence-electron chi connectivity index (χ0n) is 22.3. The number of nitrogens with zero attached hydrogens (tertiary/aromatic N) is 2. The van der Waals surface area contributed by atoms with Crippen molar-refractivity contribution in [2.24, 2.45) is 5.73 Å². The molecule has 3 heterocycles. The van der Waals surface area contributed by atoms with Crippen LogP contribution in [-0.2, 0) is 27.2 Å². The smallest absolute Gasteiger partial charge is 0.418 e. The second-order valence-corrected chi connectivity index (χ2v) is 16.2. The first-order chi connectivity index (χ1) is 19.1. The Kier molecular flexibility index (Phi) is 8.56. The highest BCUT2D eigenvalue weighted by Crippen LogP contribution is 2.42. The molecule has 0 bridgehead atoms. The zero-order valence-corrected chi connectivity index (χ0v) is 23.3. The summed E-state index contributed by atoms with van der Waals surface area (Å²) in [4.78, 5) is 27.4. The number of rotatable bonds is 10. The number of aromatic nitrogens is 2. The van der Waals surface area contributed by atoms with Gasteiger partial charge in [0.15, 0.2) is 23.5 Å². The van der Waals surface area contributed by atoms with E-state index in [-0.39, 0.29) is 24.7 Å². The molecule has 1 fully saturated rings. The quantitative estimate of drug-likeness (QED) is 0.174. The molecule has 1 aliphatic rings. The summed E-state index contributed by atoms with van der Waals surface area (Å²) in [6.07, 6.45) is -3.90. The summed E-state index contributed by atoms with van der Waals surface area (Å²) in [5.74, 6) is -4.85. The van der Waals surface area contributed by atoms with Crippen molar-refractivity contribution in [1.82, 2.24) is 14.9 Å². The number of carbonyl (C=O) groups excluding carboxylic acids is 2. The Morgan fingerprint density at radius 3 is 2.46 bits per heavy atom. The normalized spacial score (nSPS) is 17.3. The van der Waals surface area contributed by atoms with Gasteiger partial charge in [-0.2, -0.15) is 13.2 Å². The van der Waals surface area contributed by atoms with Gasteiger partial charge in [0.25, 0.3) is 0 Å². The van der Waals surface area contributed by atoms with Crippen LogP contribution in [0.15, 0.2) is 30.6 Å². The number of hydrogen-bond donors (Lipinski definition) is 3. The molecule has 2 unspecified atom stereocenters. The minimum absolute atomic E-state index is 0.0170. The Morgan fingerprint density at radius 1 is 1.22 bits per heavy atom. The number of benzene rings is 1. The first-order valence-corrected chi connectivity index (χ1v) is 16.1. The second-order valence-electron chi connectivity index (χ2n) is 10.6. The Morgan fingerprint density at radius 2 is 1.90 bits per heavy atom. The molecule has 0 radical (unpaired) electrons. The molecule has 1 aliphatic heterocycles. The molecule has 1 saturated heterocycles. The Balaban J connectivity index is 1.56. The molecule has 0 aliphatic carbocycles. The standard InChI is InChI=1S/C25H28F5N5O5Si/c1-41(2,3)7-6-38-12-35-10-14(25(28,29)30)19-18(4-5-32-23(19)35)40-20-15(26)8-13(9-16(20)27)33-24(37)34-17-11-39-21(17)22(31)36/h4-5,8-10,17,21H,6-7,11-12H2,1-3H3,(H2,31,36)(H2,33,34,37). The number of halogens is 5. The van der Waals surface area contributed by atoms with E-state index in [1.807, 2.05) is 0 Å². The number of nitrogens with one attached hydrogen (secondary N) is 2. The van der Waals surface area contributed by atoms with Crippen LogP contribution in [0.2, 0.25) is 25.7 Å². The summed E-state index contributed by atoms with van der Waals surface area (Å²) in [5.41, 5.74) is 3.54. The van der Waals surface area contributed by atoms with Gasteiger partial charge in [0, 0.05) is 44.9 Å². The minimum atomic E-state index is -4.83. The van der Waals surface area contributed by atoms with Crippen molar-refractivity contribution < 1.29 is 45.8 Å². The summed E-state index contributed by atoms with van der Waals surface area (Å²) in [7, 11) is -1.43. The predicted molar refractivity (Wildman–Crippen MR) is 140 cm³/mol. The average Bonchev–Trinajstić information content (AvgIpc) is 3.21. The number of alkyl halides is 3. The number of amides is 3. The summed E-state index contributed by atoms with van der Waals surface area (Å²) >= 11 is 0. The third-order valence-electron chi connectivity index (χ3n) is 6.14. The van der Waals surface area contributed by atoms with Gasteiger partial charge in [0.2, 0.25) is 5.91 Å². The molecule has 3 amide bonds. The van der Waals surface area contributed by atoms with Crippen molar-refractivity contribution in [2.75, 3.05) is 18.5 Å². The number of nitrogens with two attached hydrogens (primary N) is 1. The average molecular weight is 602 g/mol. The highest BCUT2D eigenvalue weighted by molar-refractivity contribution is 6.76. The Bertz CT molecular complexity index is 1440. The van der Waals surface area contributed by atoms with Crippen LogP contribution in [0.1, 0.15) is 5.56 Å². The highest BCUT2D eigenvalue weighted by Gasteiger charge is 2.38. The van der Waals surface area contributed by atoms with Crippen molar-refractivity contribution in [1.29, 1.82) is 0 Å². The van der Waals surface area contributed by atoms with Crippen LogP contribution in [-0.4, -0.2) is 54.9 Å². The minimum Gasteiger partial charge on any atom is -0.450 e. The number of urea groups is 1. The SMILES string of the molecule is C[Si](C)(C)CCOCn1cc(C(F)(F)F)c2c(Oc3c(F)cc(NC(=O)NC4COC4C(N)=O)cc3F)ccnc21. The largest absolute Gasteiger partial charge is 0.450 e. The topological polar surface area (TPSA) is 130 Å². The molecular weight excluding hydrogens is 573 g/mol. The van der Waals surface area contributed by atoms with Crippen molar-refractivity contribution in [2.45, 2.75) is 50.7 Å². The monoisotopic (exact) mass is 601 g/mol. The van der Waals surface area contributed by atoms with Gasteiger partial charge in [-0.3, -0.25) is 4.79 Å². The summed E-state index contributed by atoms with van der Waals surface area (Å²) in [5, 5.41) is 4.08. The molecule has 2 aromatic heterocycles. The van der Waals surface area contributed by atoms with E-state index in [0.717, 1.165) is 41.2 Å². The lowest BCUT2D eigenvalue weighted by Crippen LogP contribution is -2.61. The van der Waals surface area contributed by atoms with E-state index in [2.05, 4.69) is 35.3 Å². The molecule has 4 N–H and O–H groups in total. The van der Waals surface area contributed by atoms with E-state index in [9.17, 15) is 31.5 Å². The summed E-state index contributed by atoms with van der Waals surface area (Å²) < 4.78 is 88.7. The molecule has 0 saturated carbocycles. The fourth-order valence-corrected chi connectivity index (χ4v) is 4.74. The number of fused-ring (bicyclic) bond motifs is 1. The van der Waals surface area contributed by atoms with Crippen LogP contribution >= 0.6 is 0 Å². The molecule has 222 valence electrons. The van der Waals surface area contributed by atoms with E-state index >= 15 is 0 Å². The molecule has 3 aromatic rings. The van der Waals surface area contributed by atoms with Crippen molar-refractivity contribution in [3.05, 3.63) is 47.8 Å². The maximum absolute atomic E-state index is 14.9. The van der Waals surface area contributed by atoms with Gasteiger partial charge in [-0.05, 0) is 12.1 Å². The van der Waals surface area contributed by atoms with E-state index in [1.165, 1.54) is 0 Å². The first-order valence-electron chi connectivity index (χ1n) is 12.4. The third-order valence-corrected chi connectivity index (χ3v) is 7.84. The zero-order chi connectivity index (χ0) is 30.1. The van der Waals surface area contributed by atoms with Crippen molar-refractivity contribution >= 4 is 36.7 Å². The molecule has 2 atom stereocenters. The van der Waals surface area contributed by atoms with Gasteiger partial charge in [-0.15, -0.1) is 0 Å². The van der Waals surface area contributed by atoms with Crippen molar-refractivity contribution in [3.63, 3.8) is 0 Å². The van der Waals surface area contributed by atoms with Crippen LogP contribution in [0.4, 0.5) is 32.4 Å². The molecule has 41 heavy (non-hydrogen) atoms. The van der Waals surface area contributed by atoms with Gasteiger partial charge in [0.05, 0.1) is 23.6 Å². The third kappa shape index (κ3) is 7.12. The van der Waals surface area contributed by atoms with Gasteiger partial charge in [0.1, 0.15) is 18.1 Å². The lowest BCUT2D eigenvalue weighted by Gasteiger charge is -2.34. The van der Waals surface area contributed by atoms with Crippen LogP contribution in [0.5, 0.6) is 11.5 Å². The molecule has 16 heteroatoms. The first kappa shape index (κ1) is 30.2. The fourth-order valence-electron chi connectivity index (χ4n) is 3.99. The van der Waals surface area contributed by atoms with Crippen LogP contribution in [0, 0.1) is 11.6 Å². The molecule has 10 nitrogen and oxygen atoms in total. The van der Waals surface area contributed by atoms with E-state index < -0.39 is 72.4 Å². The molecule has 0 spiro atoms. The van der Waals surface area contributed by atoms with E-state index in [1.54, 1.807) is 0 Å². The number of primary amides is 1. The van der Waals surface area contributed by atoms with Gasteiger partial charge in [-0.1, -0.05) is 19.6 Å². The van der Waals surface area contributed by atoms with Crippen molar-refractivity contribution in [3.8, 4) is 11.5 Å². The molecule has 1 aromatic carbocycles. The number of anilines is 1. The predicted octanol–water partition coefficient (Wildman–Crippen LogP) is 4.81. The Hall–Kier alpha value is -3.76. The number of carbonyl (C=O) groups is 2. The molecular formula is C25H28F5N5O5Si. The maximum Gasteiger partial charge on any atom is 0.418 e. The fraction of sp³-hybridized carbons (Fsp3) is 0.400. The highest BCUT2D eigenvalue weighted by atomic mass is 28.3. The Labute approximate surface area is 231 Å². The van der Waals surface area contributed by atoms with E-state index in [0.29, 0.717) is 6.61 Å². The van der Waals surface area contributed by atoms with Crippen LogP contribution < -0.4 is 21.1 Å². The second kappa shape index (κ2) is 11.6. The summed E-state index contributed by atoms with van der Waals surface area (Å²) in [6, 6.07) is 1.69. The summed E-state index contributed by atoms with van der Waals surface area (Å²) in [6.45, 7) is 6.55. The number of ether oxygens (including phenoxy) is 3. The van der Waals surface area contributed by atoms with Crippen LogP contribution in [0.25, 0.3) is 11.0 Å². The number of hydrogen-bond acceptors (Lipinski definition) is 6. The van der Waals surface area contributed by atoms with Gasteiger partial charge < -0.3 is 35.1 Å². The van der Waals surface area contributed by atoms with Crippen LogP contribution in [0.3, 0.4) is 0 Å². The molecule has 4 rings (SSSR count). The lowest BCUT2D eigenvalue weighted by molar-refractivity contribution is -0.147. The maximum atomic E-state index is 14.9. The lowest BCUT2D eigenvalue weighted by atomic mass is 10.1.